The van der Waals surface area contributed by atoms with Gasteiger partial charge in [-0.25, -0.2) is 4.98 Å². The van der Waals surface area contributed by atoms with E-state index in [1.165, 1.54) is 5.56 Å². The Morgan fingerprint density at radius 2 is 2.00 bits per heavy atom. The van der Waals surface area contributed by atoms with Crippen LogP contribution < -0.4 is 5.32 Å². The van der Waals surface area contributed by atoms with E-state index in [1.54, 1.807) is 10.8 Å². The van der Waals surface area contributed by atoms with Crippen molar-refractivity contribution < 1.29 is 0 Å². The van der Waals surface area contributed by atoms with E-state index in [1.807, 2.05) is 6.07 Å². The van der Waals surface area contributed by atoms with Crippen molar-refractivity contribution >= 4 is 11.6 Å². The van der Waals surface area contributed by atoms with Crippen LogP contribution in [0, 0.1) is 0 Å². The first-order valence-electron chi connectivity index (χ1n) is 7.34. The lowest BCUT2D eigenvalue weighted by molar-refractivity contribution is 0.852. The minimum Gasteiger partial charge on any atom is -0.370 e. The Kier molecular flexibility index (Phi) is 4.09. The number of rotatable bonds is 6. The Bertz CT molecular complexity index is 705. The van der Waals surface area contributed by atoms with Crippen molar-refractivity contribution in [3.05, 3.63) is 54.0 Å². The number of fused-ring (bicyclic) bond motifs is 1. The van der Waals surface area contributed by atoms with E-state index in [0.717, 1.165) is 37.3 Å². The van der Waals surface area contributed by atoms with Gasteiger partial charge < -0.3 is 5.32 Å². The van der Waals surface area contributed by atoms with Gasteiger partial charge in [-0.2, -0.15) is 14.6 Å². The minimum absolute atomic E-state index is 0.656. The second kappa shape index (κ2) is 6.35. The molecule has 0 amide bonds. The van der Waals surface area contributed by atoms with Crippen LogP contribution in [0.3, 0.4) is 0 Å². The van der Waals surface area contributed by atoms with Gasteiger partial charge in [0, 0.05) is 18.3 Å². The Morgan fingerprint density at radius 3 is 2.81 bits per heavy atom. The van der Waals surface area contributed by atoms with Gasteiger partial charge in [0.1, 0.15) is 12.1 Å². The Balaban J connectivity index is 1.74. The van der Waals surface area contributed by atoms with Crippen molar-refractivity contribution in [2.24, 2.45) is 0 Å². The molecule has 0 unspecified atom stereocenters. The number of aryl methyl sites for hydroxylation is 1. The normalized spacial score (nSPS) is 10.9. The summed E-state index contributed by atoms with van der Waals surface area (Å²) in [6, 6.07) is 12.5. The fraction of sp³-hybridized carbons (Fsp3) is 0.312. The van der Waals surface area contributed by atoms with Gasteiger partial charge in [-0.05, 0) is 18.4 Å². The topological polar surface area (TPSA) is 55.1 Å². The van der Waals surface area contributed by atoms with Crippen LogP contribution in [-0.4, -0.2) is 26.1 Å². The molecule has 0 saturated carbocycles. The van der Waals surface area contributed by atoms with Crippen molar-refractivity contribution in [2.75, 3.05) is 11.9 Å². The molecule has 3 rings (SSSR count). The molecule has 21 heavy (non-hydrogen) atoms. The van der Waals surface area contributed by atoms with Crippen molar-refractivity contribution in [3.8, 4) is 0 Å². The number of hydrogen-bond acceptors (Lipinski definition) is 4. The lowest BCUT2D eigenvalue weighted by Crippen LogP contribution is -2.10. The van der Waals surface area contributed by atoms with Gasteiger partial charge >= 0.3 is 0 Å². The molecule has 0 atom stereocenters. The van der Waals surface area contributed by atoms with Crippen molar-refractivity contribution in [1.82, 2.24) is 19.6 Å². The predicted octanol–water partition coefficient (Wildman–Crippen LogP) is 2.73. The number of benzene rings is 1. The smallest absolute Gasteiger partial charge is 0.254 e. The lowest BCUT2D eigenvalue weighted by atomic mass is 10.1. The van der Waals surface area contributed by atoms with Crippen LogP contribution >= 0.6 is 0 Å². The van der Waals surface area contributed by atoms with Gasteiger partial charge in [0.25, 0.3) is 5.78 Å². The molecule has 0 aliphatic carbocycles. The minimum atomic E-state index is 0.656. The highest BCUT2D eigenvalue weighted by Crippen LogP contribution is 2.12. The highest BCUT2D eigenvalue weighted by molar-refractivity contribution is 5.45. The van der Waals surface area contributed by atoms with Crippen LogP contribution in [0.2, 0.25) is 0 Å². The van der Waals surface area contributed by atoms with Crippen LogP contribution in [0.4, 0.5) is 5.82 Å². The summed E-state index contributed by atoms with van der Waals surface area (Å²) in [7, 11) is 0. The van der Waals surface area contributed by atoms with Gasteiger partial charge in [0.15, 0.2) is 0 Å². The van der Waals surface area contributed by atoms with Crippen LogP contribution in [0.25, 0.3) is 5.78 Å². The van der Waals surface area contributed by atoms with E-state index in [9.17, 15) is 0 Å². The van der Waals surface area contributed by atoms with Crippen molar-refractivity contribution in [3.63, 3.8) is 0 Å². The summed E-state index contributed by atoms with van der Waals surface area (Å²) in [5.41, 5.74) is 2.38. The highest BCUT2D eigenvalue weighted by atomic mass is 15.3. The molecule has 0 saturated heterocycles. The standard InChI is InChI=1S/C16H19N5/c1-2-6-14-11-15(21-16(20-14)18-12-19-21)17-10-9-13-7-4-3-5-8-13/h3-5,7-8,11-12,17H,2,6,9-10H2,1H3. The van der Waals surface area contributed by atoms with Gasteiger partial charge in [-0.15, -0.1) is 0 Å². The van der Waals surface area contributed by atoms with Crippen LogP contribution in [0.1, 0.15) is 24.6 Å². The largest absolute Gasteiger partial charge is 0.370 e. The molecule has 2 heterocycles. The zero-order chi connectivity index (χ0) is 14.5. The zero-order valence-electron chi connectivity index (χ0n) is 12.2. The van der Waals surface area contributed by atoms with Crippen molar-refractivity contribution in [1.29, 1.82) is 0 Å². The summed E-state index contributed by atoms with van der Waals surface area (Å²) in [6.45, 7) is 3.01. The average molecular weight is 281 g/mol. The monoisotopic (exact) mass is 281 g/mol. The number of hydrogen-bond donors (Lipinski definition) is 1. The maximum Gasteiger partial charge on any atom is 0.254 e. The van der Waals surface area contributed by atoms with E-state index in [2.05, 4.69) is 57.6 Å². The summed E-state index contributed by atoms with van der Waals surface area (Å²) in [5, 5.41) is 7.67. The molecule has 0 radical (unpaired) electrons. The van der Waals surface area contributed by atoms with E-state index < -0.39 is 0 Å². The zero-order valence-corrected chi connectivity index (χ0v) is 12.2. The maximum atomic E-state index is 4.50. The molecule has 3 aromatic rings. The molecule has 108 valence electrons. The molecule has 0 aliphatic rings. The first kappa shape index (κ1) is 13.5. The van der Waals surface area contributed by atoms with Crippen LogP contribution in [0.5, 0.6) is 0 Å². The third-order valence-corrected chi connectivity index (χ3v) is 3.37. The molecule has 1 N–H and O–H groups in total. The summed E-state index contributed by atoms with van der Waals surface area (Å²) in [6.07, 6.45) is 4.54. The highest BCUT2D eigenvalue weighted by Gasteiger charge is 2.06. The fourth-order valence-electron chi connectivity index (χ4n) is 2.35. The quantitative estimate of drug-likeness (QED) is 0.755. The third kappa shape index (κ3) is 3.18. The van der Waals surface area contributed by atoms with Crippen molar-refractivity contribution in [2.45, 2.75) is 26.2 Å². The molecule has 5 nitrogen and oxygen atoms in total. The molecule has 2 aromatic heterocycles. The first-order chi connectivity index (χ1) is 10.4. The Morgan fingerprint density at radius 1 is 1.14 bits per heavy atom. The first-order valence-corrected chi connectivity index (χ1v) is 7.34. The van der Waals surface area contributed by atoms with E-state index in [-0.39, 0.29) is 0 Å². The SMILES string of the molecule is CCCc1cc(NCCc2ccccc2)n2ncnc2n1. The summed E-state index contributed by atoms with van der Waals surface area (Å²) in [5.74, 6) is 1.61. The van der Waals surface area contributed by atoms with E-state index in [0.29, 0.717) is 5.78 Å². The average Bonchev–Trinajstić information content (AvgIpc) is 2.97. The number of anilines is 1. The summed E-state index contributed by atoms with van der Waals surface area (Å²) < 4.78 is 1.75. The molecular weight excluding hydrogens is 262 g/mol. The number of nitrogens with one attached hydrogen (secondary N) is 1. The molecule has 0 bridgehead atoms. The van der Waals surface area contributed by atoms with Gasteiger partial charge in [0.2, 0.25) is 0 Å². The molecule has 0 fully saturated rings. The van der Waals surface area contributed by atoms with Crippen LogP contribution in [0.15, 0.2) is 42.7 Å². The third-order valence-electron chi connectivity index (χ3n) is 3.37. The number of nitrogens with zero attached hydrogens (tertiary/aromatic N) is 4. The second-order valence-corrected chi connectivity index (χ2v) is 5.02. The summed E-state index contributed by atoms with van der Waals surface area (Å²) in [4.78, 5) is 8.69. The fourth-order valence-corrected chi connectivity index (χ4v) is 2.35. The van der Waals surface area contributed by atoms with Crippen LogP contribution in [-0.2, 0) is 12.8 Å². The van der Waals surface area contributed by atoms with Gasteiger partial charge in [0.05, 0.1) is 0 Å². The van der Waals surface area contributed by atoms with E-state index >= 15 is 0 Å². The van der Waals surface area contributed by atoms with E-state index in [4.69, 9.17) is 0 Å². The molecule has 1 aromatic carbocycles. The predicted molar refractivity (Wildman–Crippen MR) is 83.4 cm³/mol. The molecular formula is C16H19N5. The maximum absolute atomic E-state index is 4.50. The second-order valence-electron chi connectivity index (χ2n) is 5.02. The molecule has 5 heteroatoms. The molecule has 0 aliphatic heterocycles. The Hall–Kier alpha value is -2.43. The lowest BCUT2D eigenvalue weighted by Gasteiger charge is -2.09. The van der Waals surface area contributed by atoms with Gasteiger partial charge in [-0.1, -0.05) is 43.7 Å². The molecule has 0 spiro atoms. The van der Waals surface area contributed by atoms with Gasteiger partial charge in [-0.3, -0.25) is 0 Å². The Labute approximate surface area is 124 Å². The number of aromatic nitrogens is 4. The summed E-state index contributed by atoms with van der Waals surface area (Å²) >= 11 is 0.